The topological polar surface area (TPSA) is 89.8 Å². The Bertz CT molecular complexity index is 1300. The number of aromatic amines is 2. The Morgan fingerprint density at radius 2 is 1.39 bits per heavy atom. The van der Waals surface area contributed by atoms with Gasteiger partial charge in [-0.05, 0) is 44.7 Å². The summed E-state index contributed by atoms with van der Waals surface area (Å²) >= 11 is 0. The lowest BCUT2D eigenvalue weighted by Crippen LogP contribution is -2.45. The average Bonchev–Trinajstić information content (AvgIpc) is 3.46. The Labute approximate surface area is 180 Å². The Balaban J connectivity index is 1.32. The van der Waals surface area contributed by atoms with Crippen molar-refractivity contribution in [1.29, 1.82) is 0 Å². The van der Waals surface area contributed by atoms with Gasteiger partial charge < -0.3 is 20.6 Å². The molecule has 4 N–H and O–H groups in total. The highest BCUT2D eigenvalue weighted by Crippen LogP contribution is 2.33. The standard InChI is InChI=1S/C25H26N4O2/c1-14-22(17-7-3-5-9-19(17)27-14)24(30)26-13-21(16-11-12-16)29-25(31)23-15(2)28-20-10-6-4-8-18(20)23/h3-10,16,21,27-28H,11-13H2,1-2H3,(H,26,30)(H,29,31). The number of amides is 2. The molecule has 0 saturated heterocycles. The summed E-state index contributed by atoms with van der Waals surface area (Å²) in [6.45, 7) is 4.24. The van der Waals surface area contributed by atoms with Crippen molar-refractivity contribution in [2.75, 3.05) is 6.54 Å². The minimum atomic E-state index is -0.113. The lowest BCUT2D eigenvalue weighted by Gasteiger charge is -2.19. The largest absolute Gasteiger partial charge is 0.358 e. The SMILES string of the molecule is Cc1[nH]c2ccccc2c1C(=O)NCC(NC(=O)c1c(C)[nH]c2ccccc12)C1CC1. The summed E-state index contributed by atoms with van der Waals surface area (Å²) in [5.74, 6) is 0.196. The van der Waals surface area contributed by atoms with Crippen LogP contribution in [0.25, 0.3) is 21.8 Å². The molecule has 1 atom stereocenters. The van der Waals surface area contributed by atoms with E-state index in [1.165, 1.54) is 0 Å². The Morgan fingerprint density at radius 3 is 1.94 bits per heavy atom. The Kier molecular flexibility index (Phi) is 4.77. The predicted molar refractivity (Wildman–Crippen MR) is 122 cm³/mol. The average molecular weight is 415 g/mol. The molecule has 2 aromatic heterocycles. The van der Waals surface area contributed by atoms with Gasteiger partial charge in [-0.25, -0.2) is 0 Å². The van der Waals surface area contributed by atoms with Gasteiger partial charge in [0.2, 0.25) is 0 Å². The van der Waals surface area contributed by atoms with Crippen LogP contribution in [0.4, 0.5) is 0 Å². The third kappa shape index (κ3) is 3.58. The van der Waals surface area contributed by atoms with Crippen molar-refractivity contribution < 1.29 is 9.59 Å². The summed E-state index contributed by atoms with van der Waals surface area (Å²) < 4.78 is 0. The fraction of sp³-hybridized carbons (Fsp3) is 0.280. The fourth-order valence-electron chi connectivity index (χ4n) is 4.50. The van der Waals surface area contributed by atoms with Gasteiger partial charge in [0.05, 0.1) is 11.1 Å². The first kappa shape index (κ1) is 19.4. The number of nitrogens with one attached hydrogen (secondary N) is 4. The third-order valence-corrected chi connectivity index (χ3v) is 6.23. The van der Waals surface area contributed by atoms with Crippen LogP contribution in [-0.4, -0.2) is 34.4 Å². The van der Waals surface area contributed by atoms with Crippen LogP contribution in [0.3, 0.4) is 0 Å². The zero-order valence-corrected chi connectivity index (χ0v) is 17.7. The highest BCUT2D eigenvalue weighted by Gasteiger charge is 2.33. The zero-order valence-electron chi connectivity index (χ0n) is 17.7. The minimum absolute atomic E-state index is 0.0879. The molecule has 1 aliphatic carbocycles. The maximum atomic E-state index is 13.1. The molecule has 0 spiro atoms. The molecule has 1 aliphatic rings. The molecule has 1 fully saturated rings. The van der Waals surface area contributed by atoms with Gasteiger partial charge in [0.15, 0.2) is 0 Å². The van der Waals surface area contributed by atoms with E-state index in [0.29, 0.717) is 23.6 Å². The summed E-state index contributed by atoms with van der Waals surface area (Å²) in [5.41, 5.74) is 4.96. The van der Waals surface area contributed by atoms with Crippen molar-refractivity contribution in [1.82, 2.24) is 20.6 Å². The smallest absolute Gasteiger partial charge is 0.254 e. The molecule has 5 rings (SSSR count). The number of aryl methyl sites for hydroxylation is 2. The highest BCUT2D eigenvalue weighted by molar-refractivity contribution is 6.09. The number of H-pyrrole nitrogens is 2. The quantitative estimate of drug-likeness (QED) is 0.381. The number of rotatable bonds is 6. The molecule has 4 aromatic rings. The second-order valence-corrected chi connectivity index (χ2v) is 8.47. The molecule has 1 saturated carbocycles. The maximum absolute atomic E-state index is 13.1. The minimum Gasteiger partial charge on any atom is -0.358 e. The van der Waals surface area contributed by atoms with E-state index in [9.17, 15) is 9.59 Å². The monoisotopic (exact) mass is 414 g/mol. The van der Waals surface area contributed by atoms with E-state index in [2.05, 4.69) is 20.6 Å². The van der Waals surface area contributed by atoms with Gasteiger partial charge in [-0.1, -0.05) is 36.4 Å². The first-order valence-corrected chi connectivity index (χ1v) is 10.8. The van der Waals surface area contributed by atoms with Crippen LogP contribution in [-0.2, 0) is 0 Å². The van der Waals surface area contributed by atoms with Gasteiger partial charge in [0, 0.05) is 45.8 Å². The second-order valence-electron chi connectivity index (χ2n) is 8.47. The van der Waals surface area contributed by atoms with Crippen LogP contribution >= 0.6 is 0 Å². The summed E-state index contributed by atoms with van der Waals surface area (Å²) in [6, 6.07) is 15.5. The molecule has 0 aliphatic heterocycles. The number of carbonyl (C=O) groups excluding carboxylic acids is 2. The van der Waals surface area contributed by atoms with E-state index < -0.39 is 0 Å². The number of fused-ring (bicyclic) bond motifs is 2. The van der Waals surface area contributed by atoms with Crippen molar-refractivity contribution in [2.45, 2.75) is 32.7 Å². The second kappa shape index (κ2) is 7.61. The van der Waals surface area contributed by atoms with Crippen molar-refractivity contribution in [3.05, 3.63) is 71.0 Å². The van der Waals surface area contributed by atoms with E-state index in [-0.39, 0.29) is 17.9 Å². The van der Waals surface area contributed by atoms with Gasteiger partial charge >= 0.3 is 0 Å². The van der Waals surface area contributed by atoms with Crippen molar-refractivity contribution in [2.24, 2.45) is 5.92 Å². The van der Waals surface area contributed by atoms with Crippen molar-refractivity contribution in [3.63, 3.8) is 0 Å². The van der Waals surface area contributed by atoms with Gasteiger partial charge in [0.25, 0.3) is 11.8 Å². The van der Waals surface area contributed by atoms with E-state index in [0.717, 1.165) is 46.0 Å². The van der Waals surface area contributed by atoms with E-state index in [1.807, 2.05) is 62.4 Å². The molecule has 158 valence electrons. The fourth-order valence-corrected chi connectivity index (χ4v) is 4.50. The van der Waals surface area contributed by atoms with Crippen LogP contribution in [0, 0.1) is 19.8 Å². The van der Waals surface area contributed by atoms with Gasteiger partial charge in [-0.3, -0.25) is 9.59 Å². The Hall–Kier alpha value is -3.54. The molecule has 2 aromatic carbocycles. The van der Waals surface area contributed by atoms with Crippen LogP contribution in [0.15, 0.2) is 48.5 Å². The van der Waals surface area contributed by atoms with Gasteiger partial charge in [-0.15, -0.1) is 0 Å². The highest BCUT2D eigenvalue weighted by atomic mass is 16.2. The van der Waals surface area contributed by atoms with Crippen LogP contribution < -0.4 is 10.6 Å². The molecule has 1 unspecified atom stereocenters. The predicted octanol–water partition coefficient (Wildman–Crippen LogP) is 4.20. The zero-order chi connectivity index (χ0) is 21.5. The molecular formula is C25H26N4O2. The first-order valence-electron chi connectivity index (χ1n) is 10.8. The molecule has 2 heterocycles. The van der Waals surface area contributed by atoms with Crippen LogP contribution in [0.5, 0.6) is 0 Å². The molecule has 6 heteroatoms. The molecule has 2 amide bonds. The molecule has 0 bridgehead atoms. The van der Waals surface area contributed by atoms with E-state index >= 15 is 0 Å². The number of aromatic nitrogens is 2. The first-order chi connectivity index (χ1) is 15.0. The maximum Gasteiger partial charge on any atom is 0.254 e. The summed E-state index contributed by atoms with van der Waals surface area (Å²) in [6.07, 6.45) is 2.14. The normalized spacial score (nSPS) is 14.6. The molecule has 31 heavy (non-hydrogen) atoms. The van der Waals surface area contributed by atoms with Crippen LogP contribution in [0.1, 0.15) is 44.9 Å². The lowest BCUT2D eigenvalue weighted by molar-refractivity contribution is 0.0904. The summed E-state index contributed by atoms with van der Waals surface area (Å²) in [5, 5.41) is 8.08. The lowest BCUT2D eigenvalue weighted by atomic mass is 10.1. The number of hydrogen-bond acceptors (Lipinski definition) is 2. The van der Waals surface area contributed by atoms with Crippen LogP contribution in [0.2, 0.25) is 0 Å². The van der Waals surface area contributed by atoms with Gasteiger partial charge in [-0.2, -0.15) is 0 Å². The number of para-hydroxylation sites is 2. The van der Waals surface area contributed by atoms with E-state index in [4.69, 9.17) is 0 Å². The number of carbonyl (C=O) groups is 2. The third-order valence-electron chi connectivity index (χ3n) is 6.23. The number of hydrogen-bond donors (Lipinski definition) is 4. The van der Waals surface area contributed by atoms with E-state index in [1.54, 1.807) is 0 Å². The van der Waals surface area contributed by atoms with Crippen molar-refractivity contribution in [3.8, 4) is 0 Å². The number of benzene rings is 2. The molecule has 6 nitrogen and oxygen atoms in total. The molecular weight excluding hydrogens is 388 g/mol. The van der Waals surface area contributed by atoms with Gasteiger partial charge in [0.1, 0.15) is 0 Å². The molecule has 0 radical (unpaired) electrons. The Morgan fingerprint density at radius 1 is 0.871 bits per heavy atom. The van der Waals surface area contributed by atoms with Crippen molar-refractivity contribution >= 4 is 33.6 Å². The summed E-state index contributed by atoms with van der Waals surface area (Å²) in [7, 11) is 0. The summed E-state index contributed by atoms with van der Waals surface area (Å²) in [4.78, 5) is 32.7.